The van der Waals surface area contributed by atoms with Crippen LogP contribution in [-0.2, 0) is 56.2 Å². The van der Waals surface area contributed by atoms with Crippen LogP contribution in [0.2, 0.25) is 0 Å². The Labute approximate surface area is 311 Å². The molecule has 0 spiro atoms. The van der Waals surface area contributed by atoms with Crippen LogP contribution in [0.1, 0.15) is 87.8 Å². The average molecular weight is 753 g/mol. The molecule has 2 aliphatic rings. The first-order valence-corrected chi connectivity index (χ1v) is 19.8. The van der Waals surface area contributed by atoms with E-state index >= 15 is 0 Å². The van der Waals surface area contributed by atoms with Crippen LogP contribution in [0.3, 0.4) is 0 Å². The molecule has 2 fully saturated rings. The van der Waals surface area contributed by atoms with E-state index in [0.717, 1.165) is 28.6 Å². The summed E-state index contributed by atoms with van der Waals surface area (Å²) < 4.78 is 62.0. The van der Waals surface area contributed by atoms with E-state index in [1.807, 2.05) is 62.4 Å². The number of nitrogens with zero attached hydrogens (tertiary/aromatic N) is 1. The van der Waals surface area contributed by atoms with Crippen molar-refractivity contribution >= 4 is 33.6 Å². The number of nitrogens with one attached hydrogen (secondary N) is 1. The Morgan fingerprint density at radius 2 is 1.53 bits per heavy atom. The number of rotatable bonds is 16. The summed E-state index contributed by atoms with van der Waals surface area (Å²) in [5.41, 5.74) is 3.44. The van der Waals surface area contributed by atoms with Crippen molar-refractivity contribution in [3.8, 4) is 0 Å². The van der Waals surface area contributed by atoms with Gasteiger partial charge in [-0.2, -0.15) is 0 Å². The predicted molar refractivity (Wildman–Crippen MR) is 197 cm³/mol. The van der Waals surface area contributed by atoms with E-state index < -0.39 is 51.2 Å². The van der Waals surface area contributed by atoms with E-state index in [4.69, 9.17) is 18.9 Å². The van der Waals surface area contributed by atoms with Crippen molar-refractivity contribution < 1.29 is 46.1 Å². The molecule has 2 heterocycles. The van der Waals surface area contributed by atoms with Gasteiger partial charge in [-0.05, 0) is 98.9 Å². The zero-order valence-corrected chi connectivity index (χ0v) is 31.7. The summed E-state index contributed by atoms with van der Waals surface area (Å²) in [6.45, 7) is 7.12. The second kappa shape index (κ2) is 16.9. The van der Waals surface area contributed by atoms with Gasteiger partial charge in [0.05, 0.1) is 31.4 Å². The highest BCUT2D eigenvalue weighted by molar-refractivity contribution is 7.88. The maximum Gasteiger partial charge on any atom is 0.303 e. The van der Waals surface area contributed by atoms with Gasteiger partial charge in [0, 0.05) is 26.1 Å². The molecule has 5 rings (SSSR count). The van der Waals surface area contributed by atoms with E-state index in [0.29, 0.717) is 50.6 Å². The number of hydrogen-bond donors (Lipinski definition) is 1. The number of esters is 2. The smallest absolute Gasteiger partial charge is 0.303 e. The van der Waals surface area contributed by atoms with Crippen LogP contribution < -0.4 is 9.62 Å². The lowest BCUT2D eigenvalue weighted by molar-refractivity contribution is -0.305. The Morgan fingerprint density at radius 3 is 2.11 bits per heavy atom. The molecule has 11 nitrogen and oxygen atoms in total. The maximum atomic E-state index is 13.9. The monoisotopic (exact) mass is 752 g/mol. The third kappa shape index (κ3) is 10.9. The summed E-state index contributed by atoms with van der Waals surface area (Å²) in [6.07, 6.45) is 3.66. The molecular weight excluding hydrogens is 704 g/mol. The lowest BCUT2D eigenvalue weighted by Gasteiger charge is -2.48. The number of ether oxygens (including phenoxy) is 4. The minimum Gasteiger partial charge on any atom is -0.458 e. The number of halogens is 1. The number of amides is 1. The van der Waals surface area contributed by atoms with Gasteiger partial charge in [-0.25, -0.2) is 17.5 Å². The fourth-order valence-corrected chi connectivity index (χ4v) is 7.40. The van der Waals surface area contributed by atoms with Crippen molar-refractivity contribution in [2.24, 2.45) is 5.92 Å². The molecule has 3 aromatic carbocycles. The Morgan fingerprint density at radius 1 is 0.925 bits per heavy atom. The van der Waals surface area contributed by atoms with Crippen LogP contribution in [0.4, 0.5) is 10.1 Å². The molecule has 1 unspecified atom stereocenters. The standard InChI is InChI=1S/C40H49FN2O9S/c1-27(44)51-36(31-14-16-33(41)17-15-31)21-20-35-37(43(38(35)46)34-18-10-29(11-19-34)7-6-24-42-53(5,47)48)32-12-8-30(9-13-32)22-23-40(52-28(2)45)25-49-39(3,4)50-26-40/h8-19,35-37,42H,6-7,20-26H2,1-5H3/t35?,36-,37+/m0/s1. The van der Waals surface area contributed by atoms with Crippen molar-refractivity contribution in [2.45, 2.75) is 89.8 Å². The number of aryl methyl sites for hydroxylation is 2. The van der Waals surface area contributed by atoms with E-state index in [-0.39, 0.29) is 25.2 Å². The van der Waals surface area contributed by atoms with Crippen LogP contribution in [0, 0.1) is 11.7 Å². The van der Waals surface area contributed by atoms with Gasteiger partial charge in [-0.1, -0.05) is 48.5 Å². The van der Waals surface area contributed by atoms with Crippen LogP contribution in [-0.4, -0.2) is 63.7 Å². The molecule has 3 aromatic rings. The normalized spacial score (nSPS) is 20.0. The van der Waals surface area contributed by atoms with E-state index in [1.54, 1.807) is 17.0 Å². The topological polar surface area (TPSA) is 138 Å². The molecule has 0 bridgehead atoms. The van der Waals surface area contributed by atoms with Crippen LogP contribution in [0.15, 0.2) is 72.8 Å². The number of benzene rings is 3. The SMILES string of the molecule is CC(=O)O[C@@H](CCC1C(=O)N(c2ccc(CCCNS(C)(=O)=O)cc2)[C@@H]1c1ccc(CCC2(OC(C)=O)COC(C)(C)OC2)cc1)c1ccc(F)cc1. The van der Waals surface area contributed by atoms with E-state index in [9.17, 15) is 27.2 Å². The summed E-state index contributed by atoms with van der Waals surface area (Å²) >= 11 is 0. The minimum absolute atomic E-state index is 0.0617. The number of β-lactam (4-membered cyclic amide) rings is 1. The highest BCUT2D eigenvalue weighted by atomic mass is 32.2. The summed E-state index contributed by atoms with van der Waals surface area (Å²) in [6, 6.07) is 21.2. The third-order valence-electron chi connectivity index (χ3n) is 9.64. The van der Waals surface area contributed by atoms with Crippen molar-refractivity contribution in [3.63, 3.8) is 0 Å². The molecule has 2 saturated heterocycles. The zero-order chi connectivity index (χ0) is 38.4. The molecule has 53 heavy (non-hydrogen) atoms. The van der Waals surface area contributed by atoms with Gasteiger partial charge >= 0.3 is 11.9 Å². The summed E-state index contributed by atoms with van der Waals surface area (Å²) in [4.78, 5) is 39.7. The van der Waals surface area contributed by atoms with Gasteiger partial charge < -0.3 is 23.8 Å². The van der Waals surface area contributed by atoms with Crippen molar-refractivity contribution in [1.82, 2.24) is 4.72 Å². The molecule has 0 radical (unpaired) electrons. The quantitative estimate of drug-likeness (QED) is 0.104. The Bertz CT molecular complexity index is 1840. The first kappa shape index (κ1) is 40.0. The van der Waals surface area contributed by atoms with Crippen molar-refractivity contribution in [1.29, 1.82) is 0 Å². The van der Waals surface area contributed by atoms with Crippen LogP contribution >= 0.6 is 0 Å². The highest BCUT2D eigenvalue weighted by Crippen LogP contribution is 2.47. The molecule has 0 aromatic heterocycles. The average Bonchev–Trinajstić information content (AvgIpc) is 3.09. The maximum absolute atomic E-state index is 13.9. The molecule has 1 amide bonds. The number of hydrogen-bond acceptors (Lipinski definition) is 9. The van der Waals surface area contributed by atoms with E-state index in [1.165, 1.54) is 26.0 Å². The van der Waals surface area contributed by atoms with Crippen LogP contribution in [0.25, 0.3) is 0 Å². The third-order valence-corrected chi connectivity index (χ3v) is 10.4. The second-order valence-electron chi connectivity index (χ2n) is 14.4. The molecule has 0 saturated carbocycles. The Balaban J connectivity index is 1.34. The first-order chi connectivity index (χ1) is 25.0. The van der Waals surface area contributed by atoms with E-state index in [2.05, 4.69) is 4.72 Å². The Kier molecular flexibility index (Phi) is 12.7. The highest BCUT2D eigenvalue weighted by Gasteiger charge is 2.49. The molecular formula is C40H49FN2O9S. The summed E-state index contributed by atoms with van der Waals surface area (Å²) in [7, 11) is -3.25. The number of carbonyl (C=O) groups excluding carboxylic acids is 3. The molecule has 286 valence electrons. The predicted octanol–water partition coefficient (Wildman–Crippen LogP) is 6.11. The van der Waals surface area contributed by atoms with Gasteiger partial charge in [-0.3, -0.25) is 14.4 Å². The molecule has 3 atom stereocenters. The molecule has 0 aliphatic carbocycles. The molecule has 2 aliphatic heterocycles. The number of sulfonamides is 1. The zero-order valence-electron chi connectivity index (χ0n) is 30.9. The lowest BCUT2D eigenvalue weighted by atomic mass is 9.78. The summed E-state index contributed by atoms with van der Waals surface area (Å²) in [5, 5.41) is 0. The summed E-state index contributed by atoms with van der Waals surface area (Å²) in [5.74, 6) is -2.50. The fourth-order valence-electron chi connectivity index (χ4n) is 6.88. The van der Waals surface area contributed by atoms with Gasteiger partial charge in [0.2, 0.25) is 15.9 Å². The fraction of sp³-hybridized carbons (Fsp3) is 0.475. The number of carbonyl (C=O) groups is 3. The van der Waals surface area contributed by atoms with Gasteiger partial charge in [0.15, 0.2) is 11.4 Å². The molecule has 1 N–H and O–H groups in total. The molecule has 13 heteroatoms. The van der Waals surface area contributed by atoms with Gasteiger partial charge in [0.1, 0.15) is 11.9 Å². The minimum atomic E-state index is -3.25. The largest absolute Gasteiger partial charge is 0.458 e. The number of anilines is 1. The Hall–Kier alpha value is -4.17. The van der Waals surface area contributed by atoms with Gasteiger partial charge in [-0.15, -0.1) is 0 Å². The second-order valence-corrected chi connectivity index (χ2v) is 16.3. The van der Waals surface area contributed by atoms with Gasteiger partial charge in [0.25, 0.3) is 0 Å². The first-order valence-electron chi connectivity index (χ1n) is 17.9. The van der Waals surface area contributed by atoms with Crippen molar-refractivity contribution in [2.75, 3.05) is 30.9 Å². The van der Waals surface area contributed by atoms with Crippen LogP contribution in [0.5, 0.6) is 0 Å². The van der Waals surface area contributed by atoms with Crippen molar-refractivity contribution in [3.05, 3.63) is 101 Å². The lowest BCUT2D eigenvalue weighted by Crippen LogP contribution is -2.55.